The normalized spacial score (nSPS) is 11.3. The monoisotopic (exact) mass is 1040 g/mol. The molecule has 0 saturated heterocycles. The first-order chi connectivity index (χ1) is 36.2. The maximum absolute atomic E-state index is 12.4. The summed E-state index contributed by atoms with van der Waals surface area (Å²) in [5, 5.41) is 9.17. The number of aliphatic hydroxyl groups excluding tert-OH is 1. The molecule has 75 heavy (non-hydrogen) atoms. The molecule has 21 heteroatoms. The van der Waals surface area contributed by atoms with Gasteiger partial charge in [0.2, 0.25) is 0 Å². The number of nitrogens with zero attached hydrogens (tertiary/aromatic N) is 11. The minimum absolute atomic E-state index is 0.0299. The van der Waals surface area contributed by atoms with Crippen LogP contribution in [0, 0.1) is 0 Å². The van der Waals surface area contributed by atoms with Gasteiger partial charge < -0.3 is 41.9 Å². The molecule has 0 aliphatic rings. The number of aromatic nitrogens is 12. The van der Waals surface area contributed by atoms with Gasteiger partial charge in [0.1, 0.15) is 28.5 Å². The number of rotatable bonds is 20. The minimum atomic E-state index is -0.236. The Hall–Kier alpha value is -7.68. The molecule has 9 rings (SSSR count). The zero-order valence-electron chi connectivity index (χ0n) is 43.7. The van der Waals surface area contributed by atoms with Gasteiger partial charge in [0.15, 0.2) is 39.9 Å². The first-order valence-electron chi connectivity index (χ1n) is 25.4. The van der Waals surface area contributed by atoms with E-state index >= 15 is 0 Å². The third-order valence-electron chi connectivity index (χ3n) is 12.4. The molecule has 9 aromatic rings. The van der Waals surface area contributed by atoms with E-state index in [2.05, 4.69) is 82.7 Å². The van der Waals surface area contributed by atoms with Gasteiger partial charge in [-0.15, -0.1) is 11.6 Å². The van der Waals surface area contributed by atoms with E-state index in [1.54, 1.807) is 16.2 Å². The summed E-state index contributed by atoms with van der Waals surface area (Å²) in [4.78, 5) is 63.6. The van der Waals surface area contributed by atoms with Crippen molar-refractivity contribution in [1.29, 1.82) is 0 Å². The number of nitrogens with one attached hydrogen (secondary N) is 2. The van der Waals surface area contributed by atoms with Crippen molar-refractivity contribution in [3.8, 4) is 6.01 Å². The average molecular weight is 1040 g/mol. The number of ether oxygens (including phenoxy) is 1. The first kappa shape index (κ1) is 55.1. The molecule has 0 aliphatic carbocycles. The van der Waals surface area contributed by atoms with Crippen molar-refractivity contribution in [2.75, 3.05) is 38.4 Å². The Bertz CT molecular complexity index is 3420. The van der Waals surface area contributed by atoms with Crippen LogP contribution in [0.5, 0.6) is 6.01 Å². The van der Waals surface area contributed by atoms with Crippen molar-refractivity contribution in [1.82, 2.24) is 63.5 Å². The van der Waals surface area contributed by atoms with Crippen LogP contribution in [0.15, 0.2) is 82.4 Å². The fraction of sp³-hybridized carbons (Fsp3) is 0.389. The van der Waals surface area contributed by atoms with Gasteiger partial charge in [-0.25, -0.2) is 39.5 Å². The van der Waals surface area contributed by atoms with Gasteiger partial charge in [0.25, 0.3) is 6.01 Å². The molecule has 0 aliphatic heterocycles. The third-order valence-corrected chi connectivity index (χ3v) is 12.7. The Kier molecular flexibility index (Phi) is 19.1. The predicted molar refractivity (Wildman–Crippen MR) is 297 cm³/mol. The molecule has 0 spiro atoms. The van der Waals surface area contributed by atoms with E-state index in [0.717, 1.165) is 98.0 Å². The summed E-state index contributed by atoms with van der Waals surface area (Å²) in [5.74, 6) is 3.59. The molecular formula is C54H69ClN16O4. The summed E-state index contributed by atoms with van der Waals surface area (Å²) in [6.45, 7) is 8.70. The van der Waals surface area contributed by atoms with E-state index in [1.165, 1.54) is 5.56 Å². The number of benzene rings is 3. The molecule has 0 unspecified atom stereocenters. The lowest BCUT2D eigenvalue weighted by Gasteiger charge is -2.10. The Balaban J connectivity index is 0.000000164. The van der Waals surface area contributed by atoms with Crippen molar-refractivity contribution in [3.05, 3.63) is 145 Å². The van der Waals surface area contributed by atoms with Gasteiger partial charge in [-0.1, -0.05) is 113 Å². The fourth-order valence-corrected chi connectivity index (χ4v) is 8.50. The van der Waals surface area contributed by atoms with Crippen LogP contribution >= 0.6 is 11.6 Å². The van der Waals surface area contributed by atoms with Gasteiger partial charge in [-0.2, -0.15) is 4.98 Å². The molecule has 0 fully saturated rings. The summed E-state index contributed by atoms with van der Waals surface area (Å²) in [5.41, 5.74) is 27.3. The third kappa shape index (κ3) is 13.9. The molecule has 0 radical (unpaired) electrons. The number of alkyl halides is 1. The highest BCUT2D eigenvalue weighted by atomic mass is 35.5. The second-order valence-corrected chi connectivity index (χ2v) is 18.9. The van der Waals surface area contributed by atoms with E-state index in [1.807, 2.05) is 79.3 Å². The molecule has 0 atom stereocenters. The maximum Gasteiger partial charge on any atom is 0.328 e. The summed E-state index contributed by atoms with van der Waals surface area (Å²) in [7, 11) is 5.66. The predicted octanol–water partition coefficient (Wildman–Crippen LogP) is 7.29. The number of imidazole rings is 3. The summed E-state index contributed by atoms with van der Waals surface area (Å²) < 4.78 is 10.5. The van der Waals surface area contributed by atoms with Gasteiger partial charge >= 0.3 is 11.4 Å². The number of unbranched alkanes of at least 4 members (excludes halogenated alkanes) is 3. The molecule has 9 N–H and O–H groups in total. The van der Waals surface area contributed by atoms with Crippen LogP contribution in [0.1, 0.15) is 110 Å². The number of methoxy groups -OCH3 is 1. The molecule has 396 valence electrons. The van der Waals surface area contributed by atoms with E-state index in [4.69, 9.17) is 33.5 Å². The standard InChI is InChI=1S/C19H26N6O.C18H23N5O2.C17H20ClN5O/c1-4-5-6-15-21-17(20)16-18(22-15)25(19(26)23-16)12-14-9-7-13(8-10-14)11-24(2)3;1-3-4-5-14-20-16(19)15-17(21-14)23(18(22-15)25-2)10-12-6-8-13(11-24)9-7-12;1-2-3-4-13-20-15(19)14-16(21-13)23(17(24)22-14)10-12-7-5-11(9-18)6-8-12/h7-10H,4-6,11-12H2,1-3H3,(H,23,26)(H2,20,21,22);6-9,24H,3-5,10-11H2,1-2H3,(H2,19,20,21);5-8H,2-4,9-10H2,1H3,(H,22,24)(H2,19,20,21). The molecule has 0 amide bonds. The van der Waals surface area contributed by atoms with Crippen molar-refractivity contribution >= 4 is 62.5 Å². The fourth-order valence-electron chi connectivity index (χ4n) is 8.32. The van der Waals surface area contributed by atoms with E-state index < -0.39 is 0 Å². The Morgan fingerprint density at radius 2 is 0.933 bits per heavy atom. The smallest absolute Gasteiger partial charge is 0.328 e. The highest BCUT2D eigenvalue weighted by Gasteiger charge is 2.19. The number of anilines is 3. The van der Waals surface area contributed by atoms with Crippen molar-refractivity contribution < 1.29 is 9.84 Å². The second kappa shape index (κ2) is 26.0. The SMILES string of the molecule is CCCCc1nc(N)c2[nH]c(=O)n(Cc3ccc(CCl)cc3)c2n1.CCCCc1nc(N)c2[nH]c(=O)n(Cc3ccc(CN(C)C)cc3)c2n1.CCCCc1nc(N)c2nc(OC)n(Cc3ccc(CO)cc3)c2n1. The highest BCUT2D eigenvalue weighted by molar-refractivity contribution is 6.17. The number of hydrogen-bond donors (Lipinski definition) is 6. The van der Waals surface area contributed by atoms with Crippen molar-refractivity contribution in [2.24, 2.45) is 0 Å². The molecular weight excluding hydrogens is 972 g/mol. The number of hydrogen-bond acceptors (Lipinski definition) is 15. The zero-order valence-corrected chi connectivity index (χ0v) is 44.5. The van der Waals surface area contributed by atoms with Crippen LogP contribution in [-0.4, -0.2) is 89.8 Å². The van der Waals surface area contributed by atoms with E-state index in [0.29, 0.717) is 94.1 Å². The molecule has 0 bridgehead atoms. The quantitative estimate of drug-likeness (QED) is 0.0409. The van der Waals surface area contributed by atoms with Gasteiger partial charge in [0, 0.05) is 31.7 Å². The maximum atomic E-state index is 12.4. The topological polar surface area (TPSA) is 282 Å². The number of aliphatic hydroxyl groups is 1. The van der Waals surface area contributed by atoms with E-state index in [-0.39, 0.29) is 18.0 Å². The van der Waals surface area contributed by atoms with Gasteiger partial charge in [0.05, 0.1) is 33.4 Å². The largest absolute Gasteiger partial charge is 0.468 e. The number of H-pyrrole nitrogens is 2. The molecule has 3 aromatic carbocycles. The molecule has 6 heterocycles. The lowest BCUT2D eigenvalue weighted by Crippen LogP contribution is -2.18. The molecule has 20 nitrogen and oxygen atoms in total. The summed E-state index contributed by atoms with van der Waals surface area (Å²) >= 11 is 5.81. The van der Waals surface area contributed by atoms with Crippen LogP contribution < -0.4 is 33.3 Å². The Morgan fingerprint density at radius 3 is 1.33 bits per heavy atom. The number of aromatic amines is 2. The van der Waals surface area contributed by atoms with Gasteiger partial charge in [-0.3, -0.25) is 13.7 Å². The Labute approximate surface area is 440 Å². The van der Waals surface area contributed by atoms with Crippen LogP contribution in [0.25, 0.3) is 33.5 Å². The van der Waals surface area contributed by atoms with Crippen LogP contribution in [0.4, 0.5) is 17.5 Å². The van der Waals surface area contributed by atoms with Crippen LogP contribution in [-0.2, 0) is 57.9 Å². The lowest BCUT2D eigenvalue weighted by atomic mass is 10.1. The van der Waals surface area contributed by atoms with Crippen molar-refractivity contribution in [3.63, 3.8) is 0 Å². The van der Waals surface area contributed by atoms with Crippen LogP contribution in [0.2, 0.25) is 0 Å². The van der Waals surface area contributed by atoms with E-state index in [9.17, 15) is 14.7 Å². The number of nitrogen functional groups attached to an aromatic ring is 3. The first-order valence-corrected chi connectivity index (χ1v) is 25.9. The molecule has 6 aromatic heterocycles. The van der Waals surface area contributed by atoms with Gasteiger partial charge in [-0.05, 0) is 66.7 Å². The number of nitrogens with two attached hydrogens (primary N) is 3. The average Bonchev–Trinajstić information content (AvgIpc) is 4.05. The number of aryl methyl sites for hydroxylation is 3. The highest BCUT2D eigenvalue weighted by Crippen LogP contribution is 2.26. The zero-order chi connectivity index (χ0) is 53.6. The number of halogens is 1. The lowest BCUT2D eigenvalue weighted by molar-refractivity contribution is 0.282. The second-order valence-electron chi connectivity index (χ2n) is 18.7. The Morgan fingerprint density at radius 1 is 0.547 bits per heavy atom. The van der Waals surface area contributed by atoms with Crippen LogP contribution in [0.3, 0.4) is 0 Å². The summed E-state index contributed by atoms with van der Waals surface area (Å²) in [6.07, 6.45) is 8.46. The molecule has 0 saturated carbocycles. The van der Waals surface area contributed by atoms with Crippen molar-refractivity contribution in [2.45, 2.75) is 117 Å². The minimum Gasteiger partial charge on any atom is -0.468 e. The summed E-state index contributed by atoms with van der Waals surface area (Å²) in [6, 6.07) is 24.3. The number of fused-ring (bicyclic) bond motifs is 3.